The minimum Gasteiger partial charge on any atom is -0.507 e. The van der Waals surface area contributed by atoms with Gasteiger partial charge in [-0.05, 0) is 97.2 Å². The van der Waals surface area contributed by atoms with Crippen molar-refractivity contribution in [2.45, 2.75) is 122 Å². The lowest BCUT2D eigenvalue weighted by Gasteiger charge is -2.59. The highest BCUT2D eigenvalue weighted by atomic mass is 33.5. The fourth-order valence-electron chi connectivity index (χ4n) is 14.4. The van der Waals surface area contributed by atoms with Crippen molar-refractivity contribution in [1.82, 2.24) is 19.6 Å². The molecular weight excluding hydrogens is 1800 g/mol. The van der Waals surface area contributed by atoms with Crippen LogP contribution in [0.1, 0.15) is 102 Å². The van der Waals surface area contributed by atoms with Gasteiger partial charge in [0, 0.05) is 323 Å². The largest absolute Gasteiger partial charge is 0.507 e. The Hall–Kier alpha value is -0.420. The first-order chi connectivity index (χ1) is 48.1. The number of carbonyl (C=O) groups excluding carboxylic acids is 1. The molecule has 2 fully saturated rings. The number of carbonyl (C=O) groups is 1. The van der Waals surface area contributed by atoms with Crippen molar-refractivity contribution in [2.75, 3.05) is 70.0 Å². The van der Waals surface area contributed by atoms with Gasteiger partial charge >= 0.3 is 0 Å². The van der Waals surface area contributed by atoms with Gasteiger partial charge in [-0.1, -0.05) is 0 Å². The first kappa shape index (κ1) is 86.8. The van der Waals surface area contributed by atoms with E-state index in [0.717, 1.165) is 33.4 Å². The number of phenolic OH excluding ortho intramolecular Hbond substituents is 4. The van der Waals surface area contributed by atoms with Gasteiger partial charge in [0.15, 0.2) is 23.0 Å². The van der Waals surface area contributed by atoms with Gasteiger partial charge in [0.2, 0.25) is 5.91 Å². The number of aliphatic hydroxyl groups is 2. The van der Waals surface area contributed by atoms with Crippen molar-refractivity contribution in [3.05, 3.63) is 77.9 Å². The van der Waals surface area contributed by atoms with Crippen molar-refractivity contribution in [1.29, 1.82) is 5.26 Å². The zero-order chi connectivity index (χ0) is 73.4. The quantitative estimate of drug-likeness (QED) is 0.133. The van der Waals surface area contributed by atoms with Crippen LogP contribution < -0.4 is 28.4 Å². The number of hydrogen-bond donors (Lipinski definition) is 6. The third kappa shape index (κ3) is 18.4. The van der Waals surface area contributed by atoms with Gasteiger partial charge < -0.3 is 64.0 Å². The molecule has 10 rings (SSSR count). The average Bonchev–Trinajstić information content (AvgIpc) is 0.705. The lowest BCUT2D eigenvalue weighted by atomic mass is 9.71. The van der Waals surface area contributed by atoms with Crippen LogP contribution in [-0.2, 0) is 279 Å². The van der Waals surface area contributed by atoms with Crippen LogP contribution in [0.25, 0.3) is 0 Å². The number of benzene rings is 4. The summed E-state index contributed by atoms with van der Waals surface area (Å²) in [5, 5.41) is 77.3. The summed E-state index contributed by atoms with van der Waals surface area (Å²) in [5.41, 5.74) is 10.2. The zero-order valence-electron chi connectivity index (χ0n) is 55.2. The van der Waals surface area contributed by atoms with Crippen LogP contribution >= 0.6 is 0 Å². The van der Waals surface area contributed by atoms with Crippen molar-refractivity contribution < 1.29 is 63.9 Å². The standard InChI is InChI=1S/C28H35N3O6.C27H34N2O7.S14.S13/c1-12-13(2)27(36-6)21-15(24(12)33)8-18-23-22-16(26(35-5)14(3)28(37-7)25(22)34)9-17(30(23)4)19(10-29)31(18)20(21)11-32;1-11-12(2)25(35-6)19-14(22(11)31)8-16-21-20-15(24(34-5)13(3)26(36-7)23(20)32)9-17(28(21)4)27(33)29(16)18(19)10-30;1-3-5-7-9-11-13-14-12-10-8-6-4-2;1-3-5-7-9-11-13-12-10-8-6-4-2/h17-20,23,32-34H,8-9,11H2,1-7H3;16-18,21,30-32H,8-10H2,1-7H3;;/t17-,18-,19?,20-,23-;16-,17+,18-,21-;;/m00../s1. The maximum Gasteiger partial charge on any atom is 0.241 e. The molecule has 0 radical (unpaired) electrons. The number of nitrogens with zero attached hydrogens (tertiary/aromatic N) is 5. The molecule has 6 aliphatic heterocycles. The minimum absolute atomic E-state index is 0.0311. The summed E-state index contributed by atoms with van der Waals surface area (Å²) in [5.74, 6) is 3.50. The third-order valence-corrected chi connectivity index (χ3v) is 64.9. The van der Waals surface area contributed by atoms with Crippen LogP contribution in [0.5, 0.6) is 57.5 Å². The summed E-state index contributed by atoms with van der Waals surface area (Å²) < 4.78 is 34.3. The molecule has 9 atom stereocenters. The Morgan fingerprint density at radius 3 is 1.09 bits per heavy atom. The molecular formula is C55H69N5O13S27. The van der Waals surface area contributed by atoms with Crippen LogP contribution in [-0.4, -0.2) is 156 Å². The van der Waals surface area contributed by atoms with E-state index >= 15 is 0 Å². The van der Waals surface area contributed by atoms with Crippen molar-refractivity contribution >= 4 is 255 Å². The van der Waals surface area contributed by atoms with Gasteiger partial charge in [0.25, 0.3) is 0 Å². The Bertz CT molecular complexity index is 4980. The molecule has 18 nitrogen and oxygen atoms in total. The number of aromatic hydroxyl groups is 4. The van der Waals surface area contributed by atoms with E-state index in [0.29, 0.717) is 105 Å². The Balaban J connectivity index is 0.000000207. The predicted octanol–water partition coefficient (Wildman–Crippen LogP) is 5.19. The molecule has 0 aromatic heterocycles. The molecule has 0 aliphatic carbocycles. The van der Waals surface area contributed by atoms with Crippen molar-refractivity contribution in [3.8, 4) is 63.6 Å². The van der Waals surface area contributed by atoms with E-state index < -0.39 is 36.3 Å². The van der Waals surface area contributed by atoms with Crippen molar-refractivity contribution in [2.24, 2.45) is 0 Å². The Kier molecular flexibility index (Phi) is 36.4. The van der Waals surface area contributed by atoms with E-state index in [9.17, 15) is 40.7 Å². The molecule has 6 N–H and O–H groups in total. The van der Waals surface area contributed by atoms with E-state index in [-0.39, 0.29) is 60.2 Å². The molecule has 4 aromatic rings. The monoisotopic (exact) mass is 1870 g/mol. The van der Waals surface area contributed by atoms with Gasteiger partial charge in [-0.25, -0.2) is 0 Å². The summed E-state index contributed by atoms with van der Waals surface area (Å²) in [6.45, 7) is 10.6. The summed E-state index contributed by atoms with van der Waals surface area (Å²) in [4.78, 5) is 22.0. The number of methoxy groups -OCH3 is 6. The fourth-order valence-corrected chi connectivity index (χ4v) is 66.5. The second kappa shape index (κ2) is 42.0. The highest BCUT2D eigenvalue weighted by Crippen LogP contribution is 2.60. The van der Waals surface area contributed by atoms with Crippen LogP contribution in [0.3, 0.4) is 0 Å². The van der Waals surface area contributed by atoms with Gasteiger partial charge in [0.1, 0.15) is 40.5 Å². The third-order valence-electron chi connectivity index (χ3n) is 18.2. The molecule has 1 unspecified atom stereocenters. The normalized spacial score (nSPS) is 20.6. The number of aliphatic hydroxyl groups excluding tert-OH is 2. The lowest BCUT2D eigenvalue weighted by Crippen LogP contribution is -2.68. The molecule has 6 heterocycles. The number of ether oxygens (including phenoxy) is 6. The molecule has 100 heavy (non-hydrogen) atoms. The highest BCUT2D eigenvalue weighted by Gasteiger charge is 2.58. The SMILES string of the molecule is COc1c(C)c(OC)c2c(c1O)[C@@H]1[C@@H]3Cc4c(O)c(C)c(C)c(OC)c4[C@H](CO)N3C(=O)[C@@H](C2)N1C.COc1c(C)c(OC)c2c(c1O)[C@@H]1[C@@H]3Cc4c(O)c(C)c(C)c(OC)c4[C@H](CO)N3C(C#N)[C@H](C2)N1C.S=S=S=S=S=S=S=S=S=S=S=S=S.S=S=S=S=S=S=S=S=S=S=S=S=S=S. The first-order valence-corrected chi connectivity index (χ1v) is 62.2. The van der Waals surface area contributed by atoms with E-state index in [1.54, 1.807) is 202 Å². The molecule has 45 heteroatoms. The number of amides is 1. The van der Waals surface area contributed by atoms with Gasteiger partial charge in [-0.15, -0.1) is 0 Å². The number of fused-ring (bicyclic) bond motifs is 14. The molecule has 0 saturated carbocycles. The fraction of sp³-hybridized carbons (Fsp3) is 0.527. The summed E-state index contributed by atoms with van der Waals surface area (Å²) in [7, 11) is 51.2. The Morgan fingerprint density at radius 2 is 0.740 bits per heavy atom. The first-order valence-electron chi connectivity index (χ1n) is 28.8. The summed E-state index contributed by atoms with van der Waals surface area (Å²) in [6.07, 6.45) is 1.59. The topological polar surface area (TPSA) is 231 Å². The molecule has 6 aliphatic rings. The smallest absolute Gasteiger partial charge is 0.241 e. The predicted molar refractivity (Wildman–Crippen MR) is 468 cm³/mol. The number of likely N-dealkylation sites (N-methyl/N-ethyl adjacent to an activating group) is 2. The molecule has 1 amide bonds. The van der Waals surface area contributed by atoms with Gasteiger partial charge in [0.05, 0.1) is 98.2 Å². The number of piperazine rings is 2. The van der Waals surface area contributed by atoms with Crippen LogP contribution in [0, 0.1) is 52.9 Å². The van der Waals surface area contributed by atoms with E-state index in [1.165, 1.54) is 49.7 Å². The second-order valence-corrected chi connectivity index (χ2v) is 62.6. The van der Waals surface area contributed by atoms with E-state index in [2.05, 4.69) is 15.9 Å². The van der Waals surface area contributed by atoms with Crippen LogP contribution in [0.4, 0.5) is 0 Å². The number of nitriles is 1. The number of hydrogen-bond acceptors (Lipinski definition) is 21. The van der Waals surface area contributed by atoms with Gasteiger partial charge in [-0.3, -0.25) is 19.5 Å². The molecule has 4 aromatic carbocycles. The van der Waals surface area contributed by atoms with E-state index in [4.69, 9.17) is 73.2 Å². The Morgan fingerprint density at radius 1 is 0.410 bits per heavy atom. The number of rotatable bonds is 8. The number of phenols is 4. The second-order valence-electron chi connectivity index (χ2n) is 21.9. The van der Waals surface area contributed by atoms with Gasteiger partial charge in [-0.2, -0.15) is 5.26 Å². The molecule has 554 valence electrons. The van der Waals surface area contributed by atoms with Crippen LogP contribution in [0.15, 0.2) is 0 Å². The molecule has 4 bridgehead atoms. The highest BCUT2D eigenvalue weighted by molar-refractivity contribution is 8.77. The van der Waals surface area contributed by atoms with E-state index in [1.807, 2.05) is 60.5 Å². The Labute approximate surface area is 667 Å². The average molecular weight is 1870 g/mol. The molecule has 0 spiro atoms. The minimum atomic E-state index is -0.692. The summed E-state index contributed by atoms with van der Waals surface area (Å²) in [6, 6.07) is -1.51. The maximum atomic E-state index is 14.0. The zero-order valence-corrected chi connectivity index (χ0v) is 77.3. The maximum absolute atomic E-state index is 14.0. The van der Waals surface area contributed by atoms with Crippen molar-refractivity contribution in [3.63, 3.8) is 0 Å². The lowest BCUT2D eigenvalue weighted by molar-refractivity contribution is -0.158. The summed E-state index contributed by atoms with van der Waals surface area (Å²) >= 11 is 18.8. The van der Waals surface area contributed by atoms with Crippen LogP contribution in [0.2, 0.25) is 0 Å². The molecule has 2 saturated heterocycles.